The molecule has 1 unspecified atom stereocenters. The highest BCUT2D eigenvalue weighted by molar-refractivity contribution is 4.96. The van der Waals surface area contributed by atoms with Crippen molar-refractivity contribution in [3.05, 3.63) is 0 Å². The zero-order valence-electron chi connectivity index (χ0n) is 6.78. The molecule has 12 heavy (non-hydrogen) atoms. The fourth-order valence-electron chi connectivity index (χ4n) is 0.652. The molecule has 4 heteroatoms. The summed E-state index contributed by atoms with van der Waals surface area (Å²) in [6, 6.07) is 0. The summed E-state index contributed by atoms with van der Waals surface area (Å²) in [6.07, 6.45) is -6.23. The van der Waals surface area contributed by atoms with Gasteiger partial charge in [0.05, 0.1) is 6.10 Å². The molecular weight excluding hydrogens is 169 g/mol. The molecule has 0 aliphatic heterocycles. The number of alkyl halides is 3. The van der Waals surface area contributed by atoms with E-state index >= 15 is 0 Å². The molecule has 0 bridgehead atoms. The van der Waals surface area contributed by atoms with E-state index in [1.54, 1.807) is 6.92 Å². The molecule has 0 aromatic carbocycles. The summed E-state index contributed by atoms with van der Waals surface area (Å²) in [5.41, 5.74) is 0. The van der Waals surface area contributed by atoms with Crippen LogP contribution in [0.1, 0.15) is 26.2 Å². The van der Waals surface area contributed by atoms with E-state index in [0.29, 0.717) is 0 Å². The largest absolute Gasteiger partial charge is 0.392 e. The lowest BCUT2D eigenvalue weighted by atomic mass is 10.1. The SMILES string of the molecule is CC#CCC(O)CCC(F)(F)F. The van der Waals surface area contributed by atoms with Crippen molar-refractivity contribution in [3.8, 4) is 11.8 Å². The lowest BCUT2D eigenvalue weighted by molar-refractivity contribution is -0.139. The fraction of sp³-hybridized carbons (Fsp3) is 0.750. The molecule has 0 radical (unpaired) electrons. The van der Waals surface area contributed by atoms with Gasteiger partial charge in [0.2, 0.25) is 0 Å². The van der Waals surface area contributed by atoms with Crippen LogP contribution in [0.2, 0.25) is 0 Å². The Morgan fingerprint density at radius 3 is 2.42 bits per heavy atom. The maximum atomic E-state index is 11.6. The van der Waals surface area contributed by atoms with E-state index in [-0.39, 0.29) is 12.8 Å². The lowest BCUT2D eigenvalue weighted by Crippen LogP contribution is -2.13. The fourth-order valence-corrected chi connectivity index (χ4v) is 0.652. The smallest absolute Gasteiger partial charge is 0.389 e. The summed E-state index contributed by atoms with van der Waals surface area (Å²) in [5, 5.41) is 8.94. The second-order valence-electron chi connectivity index (χ2n) is 2.44. The summed E-state index contributed by atoms with van der Waals surface area (Å²) < 4.78 is 34.8. The van der Waals surface area contributed by atoms with Gasteiger partial charge in [-0.25, -0.2) is 0 Å². The van der Waals surface area contributed by atoms with Crippen LogP contribution in [0.5, 0.6) is 0 Å². The summed E-state index contributed by atoms with van der Waals surface area (Å²) in [4.78, 5) is 0. The van der Waals surface area contributed by atoms with Gasteiger partial charge in [-0.15, -0.1) is 11.8 Å². The van der Waals surface area contributed by atoms with E-state index in [4.69, 9.17) is 5.11 Å². The van der Waals surface area contributed by atoms with E-state index < -0.39 is 18.7 Å². The summed E-state index contributed by atoms with van der Waals surface area (Å²) >= 11 is 0. The summed E-state index contributed by atoms with van der Waals surface area (Å²) in [7, 11) is 0. The van der Waals surface area contributed by atoms with Gasteiger partial charge in [-0.3, -0.25) is 0 Å². The number of aliphatic hydroxyl groups excluding tert-OH is 1. The Kier molecular flexibility index (Phi) is 4.75. The molecule has 0 aliphatic rings. The van der Waals surface area contributed by atoms with Crippen molar-refractivity contribution in [2.45, 2.75) is 38.5 Å². The van der Waals surface area contributed by atoms with Gasteiger partial charge in [-0.05, 0) is 13.3 Å². The number of aliphatic hydroxyl groups is 1. The highest BCUT2D eigenvalue weighted by Crippen LogP contribution is 2.22. The van der Waals surface area contributed by atoms with Gasteiger partial charge in [0, 0.05) is 12.8 Å². The minimum absolute atomic E-state index is 0.118. The Balaban J connectivity index is 3.55. The molecule has 1 N–H and O–H groups in total. The first kappa shape index (κ1) is 11.3. The van der Waals surface area contributed by atoms with Gasteiger partial charge >= 0.3 is 6.18 Å². The third kappa shape index (κ3) is 7.42. The molecule has 1 atom stereocenters. The Morgan fingerprint density at radius 2 is 2.00 bits per heavy atom. The highest BCUT2D eigenvalue weighted by atomic mass is 19.4. The molecule has 0 aromatic rings. The average Bonchev–Trinajstić information content (AvgIpc) is 1.95. The second-order valence-corrected chi connectivity index (χ2v) is 2.44. The van der Waals surface area contributed by atoms with Gasteiger partial charge in [-0.1, -0.05) is 0 Å². The third-order valence-electron chi connectivity index (χ3n) is 1.28. The standard InChI is InChI=1S/C8H11F3O/c1-2-3-4-7(12)5-6-8(9,10)11/h7,12H,4-6H2,1H3. The molecule has 0 amide bonds. The first-order valence-corrected chi connectivity index (χ1v) is 3.60. The van der Waals surface area contributed by atoms with Crippen molar-refractivity contribution in [2.24, 2.45) is 0 Å². The minimum atomic E-state index is -4.18. The predicted molar refractivity (Wildman–Crippen MR) is 39.4 cm³/mol. The van der Waals surface area contributed by atoms with Crippen molar-refractivity contribution >= 4 is 0 Å². The predicted octanol–water partition coefficient (Wildman–Crippen LogP) is 2.10. The van der Waals surface area contributed by atoms with Crippen LogP contribution in [-0.4, -0.2) is 17.4 Å². The molecule has 0 spiro atoms. The van der Waals surface area contributed by atoms with Crippen LogP contribution in [0, 0.1) is 11.8 Å². The molecular formula is C8H11F3O. The zero-order valence-corrected chi connectivity index (χ0v) is 6.78. The molecule has 0 saturated heterocycles. The lowest BCUT2D eigenvalue weighted by Gasteiger charge is -2.08. The van der Waals surface area contributed by atoms with Crippen LogP contribution in [0.15, 0.2) is 0 Å². The van der Waals surface area contributed by atoms with Crippen LogP contribution in [0.4, 0.5) is 13.2 Å². The Labute approximate surface area is 69.6 Å². The average molecular weight is 180 g/mol. The quantitative estimate of drug-likeness (QED) is 0.659. The van der Waals surface area contributed by atoms with Gasteiger partial charge in [-0.2, -0.15) is 13.2 Å². The van der Waals surface area contributed by atoms with E-state index in [1.165, 1.54) is 0 Å². The van der Waals surface area contributed by atoms with Crippen molar-refractivity contribution in [3.63, 3.8) is 0 Å². The Hall–Kier alpha value is -0.690. The van der Waals surface area contributed by atoms with Gasteiger partial charge in [0.15, 0.2) is 0 Å². The Morgan fingerprint density at radius 1 is 1.42 bits per heavy atom. The van der Waals surface area contributed by atoms with Crippen LogP contribution in [0.25, 0.3) is 0 Å². The topological polar surface area (TPSA) is 20.2 Å². The molecule has 0 aromatic heterocycles. The molecule has 70 valence electrons. The monoisotopic (exact) mass is 180 g/mol. The zero-order chi connectivity index (χ0) is 9.61. The summed E-state index contributed by atoms with van der Waals surface area (Å²) in [5.74, 6) is 5.02. The van der Waals surface area contributed by atoms with Crippen molar-refractivity contribution in [1.29, 1.82) is 0 Å². The first-order chi connectivity index (χ1) is 5.45. The maximum absolute atomic E-state index is 11.6. The van der Waals surface area contributed by atoms with Gasteiger partial charge < -0.3 is 5.11 Å². The normalized spacial score (nSPS) is 13.4. The molecule has 0 fully saturated rings. The molecule has 0 aliphatic carbocycles. The highest BCUT2D eigenvalue weighted by Gasteiger charge is 2.27. The molecule has 1 nitrogen and oxygen atoms in total. The number of halogens is 3. The van der Waals surface area contributed by atoms with Gasteiger partial charge in [0.25, 0.3) is 0 Å². The Bertz CT molecular complexity index is 175. The van der Waals surface area contributed by atoms with E-state index in [0.717, 1.165) is 0 Å². The van der Waals surface area contributed by atoms with Crippen molar-refractivity contribution < 1.29 is 18.3 Å². The third-order valence-corrected chi connectivity index (χ3v) is 1.28. The van der Waals surface area contributed by atoms with E-state index in [1.807, 2.05) is 0 Å². The minimum Gasteiger partial charge on any atom is -0.392 e. The first-order valence-electron chi connectivity index (χ1n) is 3.60. The van der Waals surface area contributed by atoms with E-state index in [9.17, 15) is 13.2 Å². The van der Waals surface area contributed by atoms with Crippen molar-refractivity contribution in [1.82, 2.24) is 0 Å². The number of rotatable bonds is 3. The van der Waals surface area contributed by atoms with Crippen LogP contribution >= 0.6 is 0 Å². The number of hydrogen-bond donors (Lipinski definition) is 1. The summed E-state index contributed by atoms with van der Waals surface area (Å²) in [6.45, 7) is 1.58. The van der Waals surface area contributed by atoms with Crippen LogP contribution in [-0.2, 0) is 0 Å². The van der Waals surface area contributed by atoms with Crippen LogP contribution in [0.3, 0.4) is 0 Å². The van der Waals surface area contributed by atoms with Gasteiger partial charge in [0.1, 0.15) is 0 Å². The van der Waals surface area contributed by atoms with Crippen molar-refractivity contribution in [2.75, 3.05) is 0 Å². The molecule has 0 saturated carbocycles. The van der Waals surface area contributed by atoms with E-state index in [2.05, 4.69) is 11.8 Å². The molecule has 0 heterocycles. The maximum Gasteiger partial charge on any atom is 0.389 e. The number of hydrogen-bond acceptors (Lipinski definition) is 1. The second kappa shape index (κ2) is 5.04. The van der Waals surface area contributed by atoms with Crippen LogP contribution < -0.4 is 0 Å². The molecule has 0 rings (SSSR count).